The lowest BCUT2D eigenvalue weighted by atomic mass is 10.1. The second-order valence-corrected chi connectivity index (χ2v) is 6.29. The van der Waals surface area contributed by atoms with E-state index < -0.39 is 0 Å². The van der Waals surface area contributed by atoms with Crippen LogP contribution in [0.15, 0.2) is 27.7 Å². The first-order chi connectivity index (χ1) is 13.7. The molecule has 1 heterocycles. The smallest absolute Gasteiger partial charge is 0.226 e. The zero-order valence-electron chi connectivity index (χ0n) is 17.7. The normalized spacial score (nSPS) is 11.0. The zero-order chi connectivity index (χ0) is 20.2. The summed E-state index contributed by atoms with van der Waals surface area (Å²) in [6, 6.07) is 6.08. The largest absolute Gasteiger partial charge is 0.493 e. The van der Waals surface area contributed by atoms with Gasteiger partial charge in [0.15, 0.2) is 23.3 Å². The van der Waals surface area contributed by atoms with E-state index in [0.29, 0.717) is 18.3 Å². The summed E-state index contributed by atoms with van der Waals surface area (Å²) < 4.78 is 16.1. The van der Waals surface area contributed by atoms with Gasteiger partial charge in [-0.15, -0.1) is 24.0 Å². The number of ether oxygens (including phenoxy) is 2. The highest BCUT2D eigenvalue weighted by Crippen LogP contribution is 2.28. The van der Waals surface area contributed by atoms with Crippen LogP contribution >= 0.6 is 24.0 Å². The summed E-state index contributed by atoms with van der Waals surface area (Å²) >= 11 is 0. The third-order valence-electron chi connectivity index (χ3n) is 4.12. The van der Waals surface area contributed by atoms with E-state index in [0.717, 1.165) is 56.2 Å². The van der Waals surface area contributed by atoms with Gasteiger partial charge in [0.1, 0.15) is 0 Å². The minimum Gasteiger partial charge on any atom is -0.493 e. The first-order valence-corrected chi connectivity index (χ1v) is 9.69. The Hall–Kier alpha value is -2.04. The average Bonchev–Trinajstić information content (AvgIpc) is 3.12. The molecule has 0 bridgehead atoms. The molecule has 1 aromatic heterocycles. The Morgan fingerprint density at radius 2 is 1.86 bits per heavy atom. The summed E-state index contributed by atoms with van der Waals surface area (Å²) in [5.74, 6) is 3.71. The molecule has 0 spiro atoms. The highest BCUT2D eigenvalue weighted by molar-refractivity contribution is 14.0. The number of aryl methyl sites for hydroxylation is 3. The number of methoxy groups -OCH3 is 1. The number of hydrogen-bond donors (Lipinski definition) is 2. The molecular formula is C20H32IN5O3. The number of guanidine groups is 1. The number of nitrogens with one attached hydrogen (secondary N) is 2. The van der Waals surface area contributed by atoms with Crippen LogP contribution in [0.5, 0.6) is 11.5 Å². The fourth-order valence-electron chi connectivity index (χ4n) is 2.75. The summed E-state index contributed by atoms with van der Waals surface area (Å²) in [5, 5.41) is 10.4. The van der Waals surface area contributed by atoms with Gasteiger partial charge in [0.25, 0.3) is 0 Å². The fraction of sp³-hybridized carbons (Fsp3) is 0.550. The average molecular weight is 517 g/mol. The first kappa shape index (κ1) is 25.0. The van der Waals surface area contributed by atoms with Gasteiger partial charge in [0.2, 0.25) is 5.89 Å². The lowest BCUT2D eigenvalue weighted by Gasteiger charge is -2.13. The summed E-state index contributed by atoms with van der Waals surface area (Å²) in [5.41, 5.74) is 1.23. The van der Waals surface area contributed by atoms with Crippen LogP contribution in [0.1, 0.15) is 37.0 Å². The van der Waals surface area contributed by atoms with Crippen LogP contribution in [-0.2, 0) is 12.8 Å². The molecule has 29 heavy (non-hydrogen) atoms. The third-order valence-corrected chi connectivity index (χ3v) is 4.12. The maximum Gasteiger partial charge on any atom is 0.226 e. The molecule has 0 saturated heterocycles. The van der Waals surface area contributed by atoms with E-state index in [1.54, 1.807) is 14.2 Å². The molecule has 1 aromatic carbocycles. The number of benzene rings is 1. The predicted molar refractivity (Wildman–Crippen MR) is 125 cm³/mol. The van der Waals surface area contributed by atoms with Gasteiger partial charge >= 0.3 is 0 Å². The molecule has 0 aliphatic carbocycles. The van der Waals surface area contributed by atoms with Crippen molar-refractivity contribution in [1.82, 2.24) is 20.8 Å². The molecule has 0 aliphatic heterocycles. The Morgan fingerprint density at radius 1 is 1.14 bits per heavy atom. The molecule has 0 fully saturated rings. The summed E-state index contributed by atoms with van der Waals surface area (Å²) in [7, 11) is 3.43. The van der Waals surface area contributed by atoms with E-state index >= 15 is 0 Å². The Kier molecular flexibility index (Phi) is 12.1. The minimum atomic E-state index is 0. The number of aliphatic imine (C=N–C) groups is 1. The Morgan fingerprint density at radius 3 is 2.45 bits per heavy atom. The zero-order valence-corrected chi connectivity index (χ0v) is 20.0. The highest BCUT2D eigenvalue weighted by Gasteiger charge is 2.06. The van der Waals surface area contributed by atoms with Gasteiger partial charge in [-0.3, -0.25) is 4.99 Å². The van der Waals surface area contributed by atoms with Crippen LogP contribution in [0, 0.1) is 6.92 Å². The maximum absolute atomic E-state index is 5.63. The van der Waals surface area contributed by atoms with Crippen molar-refractivity contribution in [3.63, 3.8) is 0 Å². The number of halogens is 1. The molecule has 0 amide bonds. The van der Waals surface area contributed by atoms with Crippen LogP contribution in [-0.4, -0.2) is 50.0 Å². The van der Waals surface area contributed by atoms with Crippen molar-refractivity contribution >= 4 is 29.9 Å². The number of aromatic nitrogens is 2. The van der Waals surface area contributed by atoms with Crippen molar-refractivity contribution in [2.45, 2.75) is 39.5 Å². The monoisotopic (exact) mass is 517 g/mol. The van der Waals surface area contributed by atoms with Gasteiger partial charge in [0, 0.05) is 26.6 Å². The maximum atomic E-state index is 5.63. The number of nitrogens with zero attached hydrogens (tertiary/aromatic N) is 3. The summed E-state index contributed by atoms with van der Waals surface area (Å²) in [6.07, 6.45) is 3.59. The second-order valence-electron chi connectivity index (χ2n) is 6.29. The van der Waals surface area contributed by atoms with Gasteiger partial charge in [-0.1, -0.05) is 11.2 Å². The molecule has 0 aliphatic rings. The fourth-order valence-corrected chi connectivity index (χ4v) is 2.75. The minimum absolute atomic E-state index is 0. The Labute approximate surface area is 189 Å². The number of rotatable bonds is 11. The van der Waals surface area contributed by atoms with Gasteiger partial charge in [0.05, 0.1) is 13.7 Å². The van der Waals surface area contributed by atoms with E-state index in [9.17, 15) is 0 Å². The second kappa shape index (κ2) is 14.0. The van der Waals surface area contributed by atoms with Crippen molar-refractivity contribution in [1.29, 1.82) is 0 Å². The molecule has 2 N–H and O–H groups in total. The van der Waals surface area contributed by atoms with Gasteiger partial charge in [-0.05, 0) is 50.8 Å². The van der Waals surface area contributed by atoms with Crippen molar-refractivity contribution in [3.05, 3.63) is 35.5 Å². The Bertz CT molecular complexity index is 751. The van der Waals surface area contributed by atoms with E-state index in [4.69, 9.17) is 14.0 Å². The SMILES string of the molecule is CCOc1cc(CCCNC(=NC)NCCCc2nc(C)no2)ccc1OC.I. The lowest BCUT2D eigenvalue weighted by Crippen LogP contribution is -2.38. The molecule has 0 atom stereocenters. The van der Waals surface area contributed by atoms with Crippen LogP contribution in [0.3, 0.4) is 0 Å². The molecule has 0 saturated carbocycles. The van der Waals surface area contributed by atoms with Crippen molar-refractivity contribution in [2.75, 3.05) is 33.9 Å². The molecular weight excluding hydrogens is 485 g/mol. The van der Waals surface area contributed by atoms with Crippen LogP contribution in [0.4, 0.5) is 0 Å². The molecule has 8 nitrogen and oxygen atoms in total. The van der Waals surface area contributed by atoms with E-state index in [1.807, 2.05) is 19.9 Å². The molecule has 2 rings (SSSR count). The molecule has 2 aromatic rings. The highest BCUT2D eigenvalue weighted by atomic mass is 127. The topological polar surface area (TPSA) is 93.8 Å². The van der Waals surface area contributed by atoms with Gasteiger partial charge < -0.3 is 24.6 Å². The molecule has 0 radical (unpaired) electrons. The third kappa shape index (κ3) is 8.88. The first-order valence-electron chi connectivity index (χ1n) is 9.69. The quantitative estimate of drug-likeness (QED) is 0.205. The molecule has 0 unspecified atom stereocenters. The standard InChI is InChI=1S/C20H31N5O3.HI/c1-5-27-18-14-16(10-11-17(18)26-4)8-6-12-22-20(21-3)23-13-7-9-19-24-15(2)25-28-19;/h10-11,14H,5-9,12-13H2,1-4H3,(H2,21,22,23);1H. The van der Waals surface area contributed by atoms with E-state index in [2.05, 4.69) is 37.9 Å². The van der Waals surface area contributed by atoms with E-state index in [1.165, 1.54) is 5.56 Å². The van der Waals surface area contributed by atoms with E-state index in [-0.39, 0.29) is 24.0 Å². The van der Waals surface area contributed by atoms with Crippen molar-refractivity contribution in [2.24, 2.45) is 4.99 Å². The predicted octanol–water partition coefficient (Wildman–Crippen LogP) is 3.13. The lowest BCUT2D eigenvalue weighted by molar-refractivity contribution is 0.310. The van der Waals surface area contributed by atoms with Gasteiger partial charge in [-0.2, -0.15) is 4.98 Å². The summed E-state index contributed by atoms with van der Waals surface area (Å²) in [6.45, 7) is 6.03. The number of hydrogen-bond acceptors (Lipinski definition) is 6. The molecule has 9 heteroatoms. The van der Waals surface area contributed by atoms with Crippen LogP contribution < -0.4 is 20.1 Å². The van der Waals surface area contributed by atoms with Gasteiger partial charge in [-0.25, -0.2) is 0 Å². The Balaban J connectivity index is 0.00000420. The van der Waals surface area contributed by atoms with Crippen LogP contribution in [0.25, 0.3) is 0 Å². The van der Waals surface area contributed by atoms with Crippen molar-refractivity contribution < 1.29 is 14.0 Å². The summed E-state index contributed by atoms with van der Waals surface area (Å²) in [4.78, 5) is 8.45. The molecule has 162 valence electrons. The van der Waals surface area contributed by atoms with Crippen molar-refractivity contribution in [3.8, 4) is 11.5 Å². The van der Waals surface area contributed by atoms with Crippen LogP contribution in [0.2, 0.25) is 0 Å².